The van der Waals surface area contributed by atoms with E-state index in [1.807, 2.05) is 60.7 Å². The van der Waals surface area contributed by atoms with Crippen LogP contribution in [0.1, 0.15) is 13.8 Å². The molecule has 0 saturated heterocycles. The molecule has 4 nitrogen and oxygen atoms in total. The van der Waals surface area contributed by atoms with Crippen molar-refractivity contribution < 1.29 is 18.2 Å². The van der Waals surface area contributed by atoms with Crippen LogP contribution in [0.15, 0.2) is 72.6 Å². The van der Waals surface area contributed by atoms with Gasteiger partial charge in [0.05, 0.1) is 19.4 Å². The number of rotatable bonds is 9. The molecular formula is C19H24O4P2. The van der Waals surface area contributed by atoms with Gasteiger partial charge in [0.25, 0.3) is 0 Å². The fraction of sp³-hybridized carbons (Fsp3) is 0.263. The van der Waals surface area contributed by atoms with Crippen molar-refractivity contribution in [1.82, 2.24) is 0 Å². The summed E-state index contributed by atoms with van der Waals surface area (Å²) in [5.41, 5.74) is 0. The van der Waals surface area contributed by atoms with Crippen molar-refractivity contribution in [3.05, 3.63) is 72.6 Å². The average Bonchev–Trinajstić information content (AvgIpc) is 2.62. The van der Waals surface area contributed by atoms with Gasteiger partial charge in [-0.2, -0.15) is 0 Å². The van der Waals surface area contributed by atoms with Gasteiger partial charge in [0.1, 0.15) is 0 Å². The average molecular weight is 378 g/mol. The number of hydrogen-bond donors (Lipinski definition) is 0. The molecule has 0 saturated carbocycles. The highest BCUT2D eigenvalue weighted by Crippen LogP contribution is 2.59. The van der Waals surface area contributed by atoms with Gasteiger partial charge in [-0.25, -0.2) is 0 Å². The van der Waals surface area contributed by atoms with Gasteiger partial charge in [-0.1, -0.05) is 67.2 Å². The molecule has 0 amide bonds. The second kappa shape index (κ2) is 8.78. The normalized spacial score (nSPS) is 12.1. The summed E-state index contributed by atoms with van der Waals surface area (Å²) >= 11 is 0. The Hall–Kier alpha value is -1.44. The van der Waals surface area contributed by atoms with Crippen LogP contribution in [0.25, 0.3) is 0 Å². The zero-order valence-corrected chi connectivity index (χ0v) is 16.4. The van der Waals surface area contributed by atoms with Gasteiger partial charge in [0.2, 0.25) is 0 Å². The lowest BCUT2D eigenvalue weighted by molar-refractivity contribution is 0.222. The van der Waals surface area contributed by atoms with Crippen LogP contribution in [0, 0.1) is 0 Å². The molecule has 0 fully saturated rings. The monoisotopic (exact) mass is 378 g/mol. The molecule has 25 heavy (non-hydrogen) atoms. The first kappa shape index (κ1) is 19.9. The summed E-state index contributed by atoms with van der Waals surface area (Å²) < 4.78 is 37.7. The van der Waals surface area contributed by atoms with Crippen molar-refractivity contribution in [3.8, 4) is 0 Å². The van der Waals surface area contributed by atoms with Crippen LogP contribution >= 0.6 is 14.7 Å². The van der Waals surface area contributed by atoms with Crippen LogP contribution in [0.2, 0.25) is 0 Å². The van der Waals surface area contributed by atoms with Crippen molar-refractivity contribution in [3.63, 3.8) is 0 Å². The summed E-state index contributed by atoms with van der Waals surface area (Å²) in [4.78, 5) is 0. The highest BCUT2D eigenvalue weighted by molar-refractivity contribution is 7.83. The maximum Gasteiger partial charge on any atom is 0.335 e. The van der Waals surface area contributed by atoms with Gasteiger partial charge >= 0.3 is 7.60 Å². The first-order valence-corrected chi connectivity index (χ1v) is 11.7. The summed E-state index contributed by atoms with van der Waals surface area (Å²) in [6.45, 7) is 8.05. The fourth-order valence-corrected chi connectivity index (χ4v) is 7.65. The summed E-state index contributed by atoms with van der Waals surface area (Å²) in [5, 5.41) is 1.69. The number of hydrogen-bond acceptors (Lipinski definition) is 4. The van der Waals surface area contributed by atoms with Gasteiger partial charge in [0, 0.05) is 15.9 Å². The Bertz CT molecular complexity index is 734. The maximum absolute atomic E-state index is 14.1. The third-order valence-corrected chi connectivity index (χ3v) is 9.13. The predicted molar refractivity (Wildman–Crippen MR) is 105 cm³/mol. The smallest absolute Gasteiger partial charge is 0.309 e. The van der Waals surface area contributed by atoms with Crippen molar-refractivity contribution in [2.45, 2.75) is 13.8 Å². The first-order chi connectivity index (χ1) is 12.0. The Morgan fingerprint density at radius 1 is 0.840 bits per heavy atom. The Balaban J connectivity index is 2.48. The Labute approximate surface area is 149 Å². The largest absolute Gasteiger partial charge is 0.335 e. The van der Waals surface area contributed by atoms with Crippen LogP contribution in [0.4, 0.5) is 0 Å². The molecule has 0 bridgehead atoms. The molecule has 0 spiro atoms. The summed E-state index contributed by atoms with van der Waals surface area (Å²) in [6, 6.07) is 18.3. The lowest BCUT2D eigenvalue weighted by atomic mass is 10.4. The zero-order chi connectivity index (χ0) is 18.3. The Morgan fingerprint density at radius 2 is 1.24 bits per heavy atom. The lowest BCUT2D eigenvalue weighted by Crippen LogP contribution is -2.19. The van der Waals surface area contributed by atoms with Gasteiger partial charge in [-0.15, -0.1) is 0 Å². The van der Waals surface area contributed by atoms with E-state index in [2.05, 4.69) is 6.58 Å². The number of allylic oxidation sites excluding steroid dienone is 1. The van der Waals surface area contributed by atoms with E-state index in [0.29, 0.717) is 15.9 Å². The molecule has 0 unspecified atom stereocenters. The molecule has 0 heterocycles. The molecule has 0 atom stereocenters. The minimum Gasteiger partial charge on any atom is -0.309 e. The van der Waals surface area contributed by atoms with E-state index in [9.17, 15) is 9.13 Å². The molecule has 0 N–H and O–H groups in total. The van der Waals surface area contributed by atoms with E-state index in [1.54, 1.807) is 13.8 Å². The first-order valence-electron chi connectivity index (χ1n) is 8.24. The Morgan fingerprint density at radius 3 is 1.60 bits per heavy atom. The summed E-state index contributed by atoms with van der Waals surface area (Å²) in [6.07, 6.45) is -0.0737. The van der Waals surface area contributed by atoms with Crippen molar-refractivity contribution in [1.29, 1.82) is 0 Å². The molecule has 6 heteroatoms. The third-order valence-electron chi connectivity index (χ3n) is 3.71. The maximum atomic E-state index is 14.1. The molecule has 2 aromatic carbocycles. The molecule has 134 valence electrons. The molecule has 0 aliphatic heterocycles. The second-order valence-electron chi connectivity index (χ2n) is 5.45. The standard InChI is InChI=1S/C19H24O4P2/c1-4-22-24(20,23-5-2)16-17(3)25(21,18-12-8-6-9-13-18)19-14-10-7-11-15-19/h6-15H,3-5,16H2,1-2H3. The van der Waals surface area contributed by atoms with Gasteiger partial charge in [-0.05, 0) is 13.8 Å². The minimum atomic E-state index is -3.38. The van der Waals surface area contributed by atoms with Gasteiger partial charge in [-0.3, -0.25) is 4.57 Å². The van der Waals surface area contributed by atoms with E-state index in [1.165, 1.54) is 0 Å². The highest BCUT2D eigenvalue weighted by Gasteiger charge is 2.36. The summed E-state index contributed by atoms with van der Waals surface area (Å²) in [5.74, 6) is 0. The highest BCUT2D eigenvalue weighted by atomic mass is 31.2. The zero-order valence-electron chi connectivity index (χ0n) is 14.6. The van der Waals surface area contributed by atoms with Gasteiger partial charge < -0.3 is 13.6 Å². The van der Waals surface area contributed by atoms with Crippen LogP contribution in [0.5, 0.6) is 0 Å². The van der Waals surface area contributed by atoms with Crippen LogP contribution in [-0.4, -0.2) is 19.4 Å². The molecule has 0 radical (unpaired) electrons. The molecule has 2 rings (SSSR count). The Kier molecular flexibility index (Phi) is 6.98. The third kappa shape index (κ3) is 4.59. The van der Waals surface area contributed by atoms with Crippen molar-refractivity contribution in [2.24, 2.45) is 0 Å². The second-order valence-corrected chi connectivity index (χ2v) is 10.4. The molecule has 0 aliphatic carbocycles. The minimum absolute atomic E-state index is 0.0737. The van der Waals surface area contributed by atoms with Crippen LogP contribution in [-0.2, 0) is 18.2 Å². The predicted octanol–water partition coefficient (Wildman–Crippen LogP) is 4.78. The quantitative estimate of drug-likeness (QED) is 0.589. The van der Waals surface area contributed by atoms with Gasteiger partial charge in [0.15, 0.2) is 7.14 Å². The van der Waals surface area contributed by atoms with Crippen molar-refractivity contribution >= 4 is 25.3 Å². The van der Waals surface area contributed by atoms with Crippen LogP contribution in [0.3, 0.4) is 0 Å². The molecule has 2 aromatic rings. The lowest BCUT2D eigenvalue weighted by Gasteiger charge is -2.25. The van der Waals surface area contributed by atoms with E-state index in [4.69, 9.17) is 9.05 Å². The van der Waals surface area contributed by atoms with E-state index < -0.39 is 14.7 Å². The van der Waals surface area contributed by atoms with Crippen molar-refractivity contribution in [2.75, 3.05) is 19.4 Å². The van der Waals surface area contributed by atoms with E-state index in [0.717, 1.165) is 0 Å². The number of benzene rings is 2. The molecule has 0 aromatic heterocycles. The van der Waals surface area contributed by atoms with E-state index >= 15 is 0 Å². The van der Waals surface area contributed by atoms with E-state index in [-0.39, 0.29) is 19.4 Å². The molecular weight excluding hydrogens is 354 g/mol. The topological polar surface area (TPSA) is 52.6 Å². The summed E-state index contributed by atoms with van der Waals surface area (Å²) in [7, 11) is -6.57. The van der Waals surface area contributed by atoms with Crippen LogP contribution < -0.4 is 10.6 Å². The molecule has 0 aliphatic rings. The SMILES string of the molecule is C=C(CP(=O)(OCC)OCC)P(=O)(c1ccccc1)c1ccccc1. The fourth-order valence-electron chi connectivity index (χ4n) is 2.64.